The minimum Gasteiger partial charge on any atom is -0.444 e. The van der Waals surface area contributed by atoms with Gasteiger partial charge in [0.15, 0.2) is 8.32 Å². The van der Waals surface area contributed by atoms with Crippen molar-refractivity contribution in [3.63, 3.8) is 0 Å². The molecule has 0 saturated carbocycles. The number of rotatable bonds is 11. The number of nitrogens with one attached hydrogen (secondary N) is 1. The number of hydrogen-bond donors (Lipinski definition) is 1. The summed E-state index contributed by atoms with van der Waals surface area (Å²) >= 11 is 0. The zero-order chi connectivity index (χ0) is 30.3. The van der Waals surface area contributed by atoms with Gasteiger partial charge in [-0.2, -0.15) is 0 Å². The molecule has 1 N–H and O–H groups in total. The van der Waals surface area contributed by atoms with Gasteiger partial charge in [-0.25, -0.2) is 4.79 Å². The molecule has 0 saturated heterocycles. The molecule has 41 heavy (non-hydrogen) atoms. The molecule has 1 amide bonds. The molecule has 1 heterocycles. The van der Waals surface area contributed by atoms with Crippen LogP contribution in [0.5, 0.6) is 0 Å². The van der Waals surface area contributed by atoms with Gasteiger partial charge in [-0.05, 0) is 87.3 Å². The molecule has 0 fully saturated rings. The molecule has 5 nitrogen and oxygen atoms in total. The van der Waals surface area contributed by atoms with E-state index < -0.39 is 20.0 Å². The highest BCUT2D eigenvalue weighted by atomic mass is 28.4. The Balaban J connectivity index is 1.85. The minimum atomic E-state index is -2.15. The predicted molar refractivity (Wildman–Crippen MR) is 173 cm³/mol. The Labute approximate surface area is 249 Å². The molecule has 6 heteroatoms. The fraction of sp³-hybridized carbons (Fsp3) is 0.486. The molecule has 1 aromatic heterocycles. The smallest absolute Gasteiger partial charge is 0.407 e. The van der Waals surface area contributed by atoms with Crippen molar-refractivity contribution in [2.24, 2.45) is 5.92 Å². The van der Waals surface area contributed by atoms with Crippen molar-refractivity contribution in [3.8, 4) is 11.3 Å². The summed E-state index contributed by atoms with van der Waals surface area (Å²) in [6, 6.07) is 24.8. The summed E-state index contributed by atoms with van der Waals surface area (Å²) in [5.74, 6) is 0.337. The number of nitrogens with zero attached hydrogens (tertiary/aromatic N) is 1. The minimum absolute atomic E-state index is 0.0407. The first-order valence-electron chi connectivity index (χ1n) is 14.8. The van der Waals surface area contributed by atoms with E-state index in [0.717, 1.165) is 29.7 Å². The summed E-state index contributed by atoms with van der Waals surface area (Å²) in [5.41, 5.74) is 3.96. The Morgan fingerprint density at radius 3 is 2.02 bits per heavy atom. The van der Waals surface area contributed by atoms with Crippen LogP contribution in [0.3, 0.4) is 0 Å². The zero-order valence-electron chi connectivity index (χ0n) is 26.5. The van der Waals surface area contributed by atoms with Crippen LogP contribution in [0.25, 0.3) is 11.3 Å². The van der Waals surface area contributed by atoms with Gasteiger partial charge >= 0.3 is 6.09 Å². The van der Waals surface area contributed by atoms with Gasteiger partial charge in [0, 0.05) is 11.8 Å². The van der Waals surface area contributed by atoms with Crippen molar-refractivity contribution < 1.29 is 14.0 Å². The van der Waals surface area contributed by atoms with Gasteiger partial charge in [0.25, 0.3) is 0 Å². The van der Waals surface area contributed by atoms with E-state index in [1.165, 1.54) is 5.56 Å². The van der Waals surface area contributed by atoms with Gasteiger partial charge in [-0.1, -0.05) is 88.4 Å². The molecule has 0 bridgehead atoms. The van der Waals surface area contributed by atoms with Crippen molar-refractivity contribution in [1.82, 2.24) is 10.3 Å². The molecule has 3 atom stereocenters. The van der Waals surface area contributed by atoms with Crippen LogP contribution in [0.4, 0.5) is 4.79 Å². The molecule has 0 aliphatic rings. The van der Waals surface area contributed by atoms with Gasteiger partial charge in [-0.15, -0.1) is 0 Å². The lowest BCUT2D eigenvalue weighted by atomic mass is 9.90. The molecule has 222 valence electrons. The van der Waals surface area contributed by atoms with Gasteiger partial charge in [-0.3, -0.25) is 4.98 Å². The van der Waals surface area contributed by atoms with E-state index in [0.29, 0.717) is 12.3 Å². The Bertz CT molecular complexity index is 1220. The fourth-order valence-electron chi connectivity index (χ4n) is 4.68. The normalized spacial score (nSPS) is 14.7. The van der Waals surface area contributed by atoms with Gasteiger partial charge in [0.05, 0.1) is 17.8 Å². The van der Waals surface area contributed by atoms with Crippen LogP contribution in [0.15, 0.2) is 79.0 Å². The van der Waals surface area contributed by atoms with E-state index >= 15 is 0 Å². The Morgan fingerprint density at radius 1 is 0.854 bits per heavy atom. The number of pyridine rings is 1. The van der Waals surface area contributed by atoms with Crippen LogP contribution in [-0.2, 0) is 22.0 Å². The summed E-state index contributed by atoms with van der Waals surface area (Å²) in [4.78, 5) is 17.5. The van der Waals surface area contributed by atoms with E-state index in [4.69, 9.17) is 9.16 Å². The SMILES string of the molecule is CC(Cc1ccc(-c2ccccn2)cc1)C[C@H](O[Si](C)(C)C(C)(C)C)[C@H](Cc1ccccc1)NC(=O)OC(C)(C)C. The quantitative estimate of drug-likeness (QED) is 0.232. The van der Waals surface area contributed by atoms with Crippen molar-refractivity contribution in [1.29, 1.82) is 0 Å². The molecule has 0 aliphatic carbocycles. The molecular formula is C35H50N2O3Si. The average molecular weight is 575 g/mol. The number of alkyl carbamates (subject to hydrolysis) is 1. The van der Waals surface area contributed by atoms with Crippen molar-refractivity contribution >= 4 is 14.4 Å². The first kappa shape index (κ1) is 32.6. The molecule has 2 aromatic carbocycles. The third-order valence-electron chi connectivity index (χ3n) is 7.83. The number of carbonyl (C=O) groups excluding carboxylic acids is 1. The number of hydrogen-bond acceptors (Lipinski definition) is 4. The summed E-state index contributed by atoms with van der Waals surface area (Å²) in [6.45, 7) is 19.3. The number of benzene rings is 2. The maximum absolute atomic E-state index is 13.1. The van der Waals surface area contributed by atoms with Gasteiger partial charge < -0.3 is 14.5 Å². The van der Waals surface area contributed by atoms with Crippen LogP contribution < -0.4 is 5.32 Å². The molecule has 0 aliphatic heterocycles. The van der Waals surface area contributed by atoms with Crippen molar-refractivity contribution in [3.05, 3.63) is 90.1 Å². The van der Waals surface area contributed by atoms with E-state index in [-0.39, 0.29) is 17.2 Å². The highest BCUT2D eigenvalue weighted by molar-refractivity contribution is 6.74. The standard InChI is InChI=1S/C35H50N2O3Si/c1-26(23-28-18-20-29(21-19-28)30-17-13-14-22-36-30)24-32(40-41(8,9)35(5,6)7)31(25-27-15-11-10-12-16-27)37-33(38)39-34(2,3)4/h10-22,26,31-32H,23-25H2,1-9H3,(H,37,38)/t26?,31-,32-/m0/s1. The fourth-order valence-corrected chi connectivity index (χ4v) is 6.05. The molecule has 0 spiro atoms. The summed E-state index contributed by atoms with van der Waals surface area (Å²) in [5, 5.41) is 3.26. The first-order chi connectivity index (χ1) is 19.1. The van der Waals surface area contributed by atoms with Crippen molar-refractivity contribution in [2.45, 2.75) is 104 Å². The largest absolute Gasteiger partial charge is 0.444 e. The van der Waals surface area contributed by atoms with E-state index in [9.17, 15) is 4.79 Å². The second-order valence-corrected chi connectivity index (χ2v) is 18.6. The third kappa shape index (κ3) is 10.4. The maximum Gasteiger partial charge on any atom is 0.407 e. The van der Waals surface area contributed by atoms with Crippen LogP contribution in [0.2, 0.25) is 18.1 Å². The number of carbonyl (C=O) groups is 1. The molecule has 3 aromatic rings. The Hall–Kier alpha value is -2.96. The van der Waals surface area contributed by atoms with Crippen LogP contribution in [0, 0.1) is 5.92 Å². The summed E-state index contributed by atoms with van der Waals surface area (Å²) < 4.78 is 12.8. The van der Waals surface area contributed by atoms with E-state index in [1.54, 1.807) is 0 Å². The van der Waals surface area contributed by atoms with Crippen LogP contribution in [-0.4, -0.2) is 37.1 Å². The van der Waals surface area contributed by atoms with Gasteiger partial charge in [0.1, 0.15) is 5.60 Å². The second kappa shape index (κ2) is 13.8. The molecular weight excluding hydrogens is 524 g/mol. The van der Waals surface area contributed by atoms with Crippen LogP contribution >= 0.6 is 0 Å². The van der Waals surface area contributed by atoms with Crippen molar-refractivity contribution in [2.75, 3.05) is 0 Å². The maximum atomic E-state index is 13.1. The lowest BCUT2D eigenvalue weighted by molar-refractivity contribution is 0.0411. The lowest BCUT2D eigenvalue weighted by Gasteiger charge is -2.42. The topological polar surface area (TPSA) is 60.5 Å². The molecule has 3 rings (SSSR count). The highest BCUT2D eigenvalue weighted by Crippen LogP contribution is 2.39. The molecule has 1 unspecified atom stereocenters. The summed E-state index contributed by atoms with van der Waals surface area (Å²) in [7, 11) is -2.15. The van der Waals surface area contributed by atoms with Crippen LogP contribution in [0.1, 0.15) is 66.0 Å². The third-order valence-corrected chi connectivity index (χ3v) is 12.3. The zero-order valence-corrected chi connectivity index (χ0v) is 27.5. The Kier molecular flexibility index (Phi) is 11.0. The van der Waals surface area contributed by atoms with E-state index in [1.807, 2.05) is 63.4 Å². The predicted octanol–water partition coefficient (Wildman–Crippen LogP) is 8.84. The Morgan fingerprint density at radius 2 is 1.46 bits per heavy atom. The molecule has 0 radical (unpaired) electrons. The average Bonchev–Trinajstić information content (AvgIpc) is 2.87. The number of amides is 1. The van der Waals surface area contributed by atoms with Gasteiger partial charge in [0.2, 0.25) is 0 Å². The summed E-state index contributed by atoms with van der Waals surface area (Å²) in [6.07, 6.45) is 3.67. The van der Waals surface area contributed by atoms with E-state index in [2.05, 4.69) is 87.5 Å². The second-order valence-electron chi connectivity index (χ2n) is 13.8. The number of ether oxygens (including phenoxy) is 1. The monoisotopic (exact) mass is 574 g/mol. The lowest BCUT2D eigenvalue weighted by Crippen LogP contribution is -2.53. The number of aromatic nitrogens is 1. The highest BCUT2D eigenvalue weighted by Gasteiger charge is 2.41. The first-order valence-corrected chi connectivity index (χ1v) is 17.8.